The lowest BCUT2D eigenvalue weighted by molar-refractivity contribution is -0.138. The summed E-state index contributed by atoms with van der Waals surface area (Å²) in [5.74, 6) is 0.523. The van der Waals surface area contributed by atoms with Gasteiger partial charge in [0.1, 0.15) is 6.04 Å². The van der Waals surface area contributed by atoms with Crippen LogP contribution in [0.5, 0.6) is 11.5 Å². The normalized spacial score (nSPS) is 18.9. The van der Waals surface area contributed by atoms with Crippen LogP contribution in [-0.4, -0.2) is 42.0 Å². The number of likely N-dealkylation sites (N-methyl/N-ethyl adjacent to an activating group) is 1. The van der Waals surface area contributed by atoms with Gasteiger partial charge in [-0.1, -0.05) is 6.07 Å². The maximum atomic E-state index is 12.4. The van der Waals surface area contributed by atoms with Gasteiger partial charge in [-0.15, -0.1) is 0 Å². The van der Waals surface area contributed by atoms with Crippen LogP contribution in [0.15, 0.2) is 18.2 Å². The predicted octanol–water partition coefficient (Wildman–Crippen LogP) is 0.611. The molecule has 0 aliphatic carbocycles. The van der Waals surface area contributed by atoms with E-state index >= 15 is 0 Å². The third-order valence-corrected chi connectivity index (χ3v) is 4.05. The molecule has 122 valence electrons. The molecule has 7 heteroatoms. The molecule has 0 spiro atoms. The van der Waals surface area contributed by atoms with Crippen molar-refractivity contribution < 1.29 is 23.9 Å². The minimum Gasteiger partial charge on any atom is -0.454 e. The molecular weight excluding hydrogens is 300 g/mol. The zero-order valence-corrected chi connectivity index (χ0v) is 12.8. The van der Waals surface area contributed by atoms with E-state index < -0.39 is 11.9 Å². The van der Waals surface area contributed by atoms with Crippen LogP contribution in [0, 0.1) is 0 Å². The molecule has 1 atom stereocenters. The van der Waals surface area contributed by atoms with Gasteiger partial charge in [0.15, 0.2) is 11.5 Å². The molecule has 0 unspecified atom stereocenters. The SMILES string of the molecule is CCN(C(=O)CCc1ccc2c(c1)OCO2)[C@@H]1CC(=O)NC1=O. The van der Waals surface area contributed by atoms with Crippen molar-refractivity contribution in [1.82, 2.24) is 10.2 Å². The number of aryl methyl sites for hydroxylation is 1. The molecule has 0 bridgehead atoms. The average Bonchev–Trinajstić information content (AvgIpc) is 3.12. The maximum Gasteiger partial charge on any atom is 0.249 e. The van der Waals surface area contributed by atoms with Gasteiger partial charge >= 0.3 is 0 Å². The molecule has 3 amide bonds. The van der Waals surface area contributed by atoms with E-state index in [0.717, 1.165) is 5.56 Å². The van der Waals surface area contributed by atoms with Crippen molar-refractivity contribution in [2.45, 2.75) is 32.2 Å². The Bertz CT molecular complexity index is 658. The van der Waals surface area contributed by atoms with Gasteiger partial charge in [-0.05, 0) is 31.0 Å². The number of hydrogen-bond donors (Lipinski definition) is 1. The fourth-order valence-corrected chi connectivity index (χ4v) is 2.85. The van der Waals surface area contributed by atoms with Crippen LogP contribution < -0.4 is 14.8 Å². The highest BCUT2D eigenvalue weighted by molar-refractivity contribution is 6.06. The number of nitrogens with one attached hydrogen (secondary N) is 1. The fraction of sp³-hybridized carbons (Fsp3) is 0.438. The highest BCUT2D eigenvalue weighted by atomic mass is 16.7. The van der Waals surface area contributed by atoms with Crippen LogP contribution in [0.4, 0.5) is 0 Å². The molecular formula is C16H18N2O5. The summed E-state index contributed by atoms with van der Waals surface area (Å²) in [4.78, 5) is 36.9. The molecule has 3 rings (SSSR count). The van der Waals surface area contributed by atoms with Gasteiger partial charge in [-0.25, -0.2) is 0 Å². The first kappa shape index (κ1) is 15.3. The smallest absolute Gasteiger partial charge is 0.249 e. The van der Waals surface area contributed by atoms with Gasteiger partial charge in [0.2, 0.25) is 24.5 Å². The Morgan fingerprint density at radius 1 is 1.30 bits per heavy atom. The average molecular weight is 318 g/mol. The molecule has 7 nitrogen and oxygen atoms in total. The van der Waals surface area contributed by atoms with E-state index in [0.29, 0.717) is 24.5 Å². The van der Waals surface area contributed by atoms with Crippen molar-refractivity contribution in [3.8, 4) is 11.5 Å². The third-order valence-electron chi connectivity index (χ3n) is 4.05. The van der Waals surface area contributed by atoms with E-state index in [1.54, 1.807) is 6.92 Å². The number of carbonyl (C=O) groups excluding carboxylic acids is 3. The lowest BCUT2D eigenvalue weighted by atomic mass is 10.1. The zero-order chi connectivity index (χ0) is 16.4. The lowest BCUT2D eigenvalue weighted by Gasteiger charge is -2.25. The Morgan fingerprint density at radius 3 is 2.78 bits per heavy atom. The summed E-state index contributed by atoms with van der Waals surface area (Å²) in [5, 5.41) is 2.24. The van der Waals surface area contributed by atoms with E-state index in [4.69, 9.17) is 9.47 Å². The molecule has 2 heterocycles. The summed E-state index contributed by atoms with van der Waals surface area (Å²) < 4.78 is 10.6. The molecule has 1 fully saturated rings. The van der Waals surface area contributed by atoms with Crippen molar-refractivity contribution in [2.75, 3.05) is 13.3 Å². The highest BCUT2D eigenvalue weighted by Gasteiger charge is 2.36. The van der Waals surface area contributed by atoms with E-state index in [2.05, 4.69) is 5.32 Å². The molecule has 0 aromatic heterocycles. The van der Waals surface area contributed by atoms with Gasteiger partial charge in [0, 0.05) is 13.0 Å². The summed E-state index contributed by atoms with van der Waals surface area (Å²) in [7, 11) is 0. The van der Waals surface area contributed by atoms with E-state index in [9.17, 15) is 14.4 Å². The molecule has 23 heavy (non-hydrogen) atoms. The lowest BCUT2D eigenvalue weighted by Crippen LogP contribution is -2.44. The van der Waals surface area contributed by atoms with E-state index in [1.807, 2.05) is 18.2 Å². The van der Waals surface area contributed by atoms with Gasteiger partial charge in [0.05, 0.1) is 6.42 Å². The van der Waals surface area contributed by atoms with Gasteiger partial charge in [-0.3, -0.25) is 19.7 Å². The quantitative estimate of drug-likeness (QED) is 0.804. The Labute approximate surface area is 133 Å². The van der Waals surface area contributed by atoms with Gasteiger partial charge in [0.25, 0.3) is 0 Å². The number of carbonyl (C=O) groups is 3. The van der Waals surface area contributed by atoms with Crippen molar-refractivity contribution in [2.24, 2.45) is 0 Å². The third kappa shape index (κ3) is 3.13. The van der Waals surface area contributed by atoms with Crippen molar-refractivity contribution in [3.63, 3.8) is 0 Å². The summed E-state index contributed by atoms with van der Waals surface area (Å²) in [5.41, 5.74) is 0.964. The first-order valence-electron chi connectivity index (χ1n) is 7.60. The van der Waals surface area contributed by atoms with Crippen molar-refractivity contribution in [3.05, 3.63) is 23.8 Å². The Balaban J connectivity index is 1.61. The minimum atomic E-state index is -0.684. The van der Waals surface area contributed by atoms with E-state index in [-0.39, 0.29) is 31.4 Å². The topological polar surface area (TPSA) is 84.9 Å². The first-order chi connectivity index (χ1) is 11.1. The number of ether oxygens (including phenoxy) is 2. The van der Waals surface area contributed by atoms with Crippen molar-refractivity contribution in [1.29, 1.82) is 0 Å². The van der Waals surface area contributed by atoms with Crippen LogP contribution in [0.25, 0.3) is 0 Å². The molecule has 1 aromatic rings. The number of nitrogens with zero attached hydrogens (tertiary/aromatic N) is 1. The molecule has 2 aliphatic rings. The number of rotatable bonds is 5. The predicted molar refractivity (Wildman–Crippen MR) is 79.8 cm³/mol. The molecule has 0 radical (unpaired) electrons. The second kappa shape index (κ2) is 6.28. The summed E-state index contributed by atoms with van der Waals surface area (Å²) in [6.07, 6.45) is 0.849. The monoisotopic (exact) mass is 318 g/mol. The molecule has 1 aromatic carbocycles. The summed E-state index contributed by atoms with van der Waals surface area (Å²) >= 11 is 0. The number of imide groups is 1. The minimum absolute atomic E-state index is 0.0441. The van der Waals surface area contributed by atoms with Crippen LogP contribution in [0.2, 0.25) is 0 Å². The van der Waals surface area contributed by atoms with Crippen LogP contribution in [0.1, 0.15) is 25.3 Å². The Hall–Kier alpha value is -2.57. The van der Waals surface area contributed by atoms with Crippen molar-refractivity contribution >= 4 is 17.7 Å². The molecule has 1 N–H and O–H groups in total. The molecule has 2 aliphatic heterocycles. The highest BCUT2D eigenvalue weighted by Crippen LogP contribution is 2.32. The Morgan fingerprint density at radius 2 is 2.09 bits per heavy atom. The van der Waals surface area contributed by atoms with Gasteiger partial charge in [-0.2, -0.15) is 0 Å². The molecule has 0 saturated carbocycles. The fourth-order valence-electron chi connectivity index (χ4n) is 2.85. The number of amides is 3. The van der Waals surface area contributed by atoms with Gasteiger partial charge < -0.3 is 14.4 Å². The molecule has 1 saturated heterocycles. The first-order valence-corrected chi connectivity index (χ1v) is 7.60. The number of fused-ring (bicyclic) bond motifs is 1. The van der Waals surface area contributed by atoms with Crippen LogP contribution >= 0.6 is 0 Å². The van der Waals surface area contributed by atoms with Crippen LogP contribution in [-0.2, 0) is 20.8 Å². The summed E-state index contributed by atoms with van der Waals surface area (Å²) in [6, 6.07) is 4.89. The largest absolute Gasteiger partial charge is 0.454 e. The summed E-state index contributed by atoms with van der Waals surface area (Å²) in [6.45, 7) is 2.41. The number of hydrogen-bond acceptors (Lipinski definition) is 5. The Kier molecular flexibility index (Phi) is 4.18. The van der Waals surface area contributed by atoms with Crippen LogP contribution in [0.3, 0.4) is 0 Å². The second-order valence-corrected chi connectivity index (χ2v) is 5.50. The maximum absolute atomic E-state index is 12.4. The second-order valence-electron chi connectivity index (χ2n) is 5.50. The zero-order valence-electron chi connectivity index (χ0n) is 12.8. The number of benzene rings is 1. The standard InChI is InChI=1S/C16H18N2O5/c1-2-18(11-8-14(19)17-16(11)21)15(20)6-4-10-3-5-12-13(7-10)23-9-22-12/h3,5,7,11H,2,4,6,8-9H2,1H3,(H,17,19,21)/t11-/m1/s1. The van der Waals surface area contributed by atoms with E-state index in [1.165, 1.54) is 4.90 Å².